The van der Waals surface area contributed by atoms with Gasteiger partial charge >= 0.3 is 0 Å². The molecule has 1 nitrogen and oxygen atoms in total. The van der Waals surface area contributed by atoms with Crippen LogP contribution in [0.4, 0.5) is 0 Å². The highest BCUT2D eigenvalue weighted by Gasteiger charge is 2.02. The average molecular weight is 258 g/mol. The van der Waals surface area contributed by atoms with Gasteiger partial charge in [0.2, 0.25) is 0 Å². The van der Waals surface area contributed by atoms with Crippen molar-refractivity contribution in [2.75, 3.05) is 0 Å². The molecule has 0 spiro atoms. The first-order valence-electron chi connectivity index (χ1n) is 6.59. The van der Waals surface area contributed by atoms with Crippen molar-refractivity contribution in [3.05, 3.63) is 90.0 Å². The molecule has 0 aliphatic carbocycles. The van der Waals surface area contributed by atoms with Crippen LogP contribution in [-0.2, 0) is 0 Å². The third-order valence-electron chi connectivity index (χ3n) is 3.26. The van der Waals surface area contributed by atoms with Crippen LogP contribution < -0.4 is 0 Å². The summed E-state index contributed by atoms with van der Waals surface area (Å²) in [7, 11) is 0. The maximum Gasteiger partial charge on any atom is 0.185 e. The van der Waals surface area contributed by atoms with Gasteiger partial charge in [-0.25, -0.2) is 0 Å². The molecule has 0 saturated heterocycles. The quantitative estimate of drug-likeness (QED) is 0.490. The Morgan fingerprint density at radius 3 is 2.25 bits per heavy atom. The topological polar surface area (TPSA) is 17.1 Å². The van der Waals surface area contributed by atoms with E-state index < -0.39 is 0 Å². The molecular weight excluding hydrogens is 244 g/mol. The maximum atomic E-state index is 12.2. The fourth-order valence-electron chi connectivity index (χ4n) is 2.17. The van der Waals surface area contributed by atoms with Crippen molar-refractivity contribution < 1.29 is 4.79 Å². The molecule has 0 aromatic heterocycles. The lowest BCUT2D eigenvalue weighted by atomic mass is 10.0. The van der Waals surface area contributed by atoms with Gasteiger partial charge in [-0.3, -0.25) is 4.79 Å². The van der Waals surface area contributed by atoms with Gasteiger partial charge in [-0.2, -0.15) is 0 Å². The number of benzene rings is 3. The normalized spacial score (nSPS) is 11.0. The van der Waals surface area contributed by atoms with Gasteiger partial charge in [0.05, 0.1) is 0 Å². The minimum atomic E-state index is 0.0274. The number of hydrogen-bond acceptors (Lipinski definition) is 1. The molecule has 3 aromatic rings. The standard InChI is InChI=1S/C19H14O/c20-19(13-10-15-6-2-1-3-7-15)18-12-11-16-8-4-5-9-17(16)14-18/h1-14H/b13-10+. The molecule has 0 unspecified atom stereocenters. The van der Waals surface area contributed by atoms with Gasteiger partial charge in [0.25, 0.3) is 0 Å². The summed E-state index contributed by atoms with van der Waals surface area (Å²) >= 11 is 0. The minimum Gasteiger partial charge on any atom is -0.289 e. The number of hydrogen-bond donors (Lipinski definition) is 0. The summed E-state index contributed by atoms with van der Waals surface area (Å²) in [5.41, 5.74) is 1.75. The zero-order valence-corrected chi connectivity index (χ0v) is 11.0. The lowest BCUT2D eigenvalue weighted by Gasteiger charge is -2.00. The second kappa shape index (κ2) is 5.54. The number of rotatable bonds is 3. The molecule has 20 heavy (non-hydrogen) atoms. The largest absolute Gasteiger partial charge is 0.289 e. The molecule has 0 aliphatic rings. The molecule has 0 fully saturated rings. The van der Waals surface area contributed by atoms with Crippen molar-refractivity contribution in [3.63, 3.8) is 0 Å². The van der Waals surface area contributed by atoms with Crippen molar-refractivity contribution in [2.24, 2.45) is 0 Å². The van der Waals surface area contributed by atoms with Crippen molar-refractivity contribution in [2.45, 2.75) is 0 Å². The van der Waals surface area contributed by atoms with Crippen LogP contribution in [0, 0.1) is 0 Å². The maximum absolute atomic E-state index is 12.2. The van der Waals surface area contributed by atoms with E-state index in [4.69, 9.17) is 0 Å². The highest BCUT2D eigenvalue weighted by Crippen LogP contribution is 2.16. The molecule has 0 radical (unpaired) electrons. The Kier molecular flexibility index (Phi) is 3.42. The minimum absolute atomic E-state index is 0.0274. The van der Waals surface area contributed by atoms with Crippen LogP contribution in [0.2, 0.25) is 0 Å². The van der Waals surface area contributed by atoms with E-state index in [0.717, 1.165) is 21.9 Å². The molecular formula is C19H14O. The predicted molar refractivity (Wildman–Crippen MR) is 83.8 cm³/mol. The third kappa shape index (κ3) is 2.67. The second-order valence-corrected chi connectivity index (χ2v) is 4.67. The van der Waals surface area contributed by atoms with E-state index in [0.29, 0.717) is 0 Å². The van der Waals surface area contributed by atoms with Gasteiger partial charge in [-0.05, 0) is 28.5 Å². The molecule has 0 heterocycles. The zero-order chi connectivity index (χ0) is 13.8. The molecule has 1 heteroatoms. The Labute approximate surface area is 118 Å². The Balaban J connectivity index is 1.87. The van der Waals surface area contributed by atoms with Crippen molar-refractivity contribution in [3.8, 4) is 0 Å². The first-order valence-corrected chi connectivity index (χ1v) is 6.59. The molecule has 0 saturated carbocycles. The van der Waals surface area contributed by atoms with Crippen LogP contribution in [0.5, 0.6) is 0 Å². The summed E-state index contributed by atoms with van der Waals surface area (Å²) in [5.74, 6) is 0.0274. The zero-order valence-electron chi connectivity index (χ0n) is 11.0. The van der Waals surface area contributed by atoms with Gasteiger partial charge in [0.1, 0.15) is 0 Å². The van der Waals surface area contributed by atoms with E-state index in [-0.39, 0.29) is 5.78 Å². The molecule has 3 rings (SSSR count). The molecule has 0 aliphatic heterocycles. The van der Waals surface area contributed by atoms with Crippen LogP contribution in [-0.4, -0.2) is 5.78 Å². The van der Waals surface area contributed by atoms with Gasteiger partial charge < -0.3 is 0 Å². The number of carbonyl (C=O) groups is 1. The second-order valence-electron chi connectivity index (χ2n) is 4.67. The SMILES string of the molecule is O=C(/C=C/c1ccccc1)c1ccc2ccccc2c1. The number of ketones is 1. The first-order chi connectivity index (χ1) is 9.83. The molecule has 0 N–H and O–H groups in total. The number of carbonyl (C=O) groups excluding carboxylic acids is 1. The summed E-state index contributed by atoms with van der Waals surface area (Å²) < 4.78 is 0. The number of allylic oxidation sites excluding steroid dienone is 1. The van der Waals surface area contributed by atoms with Gasteiger partial charge in [-0.1, -0.05) is 72.8 Å². The fraction of sp³-hybridized carbons (Fsp3) is 0. The van der Waals surface area contributed by atoms with Crippen molar-refractivity contribution >= 4 is 22.6 Å². The first kappa shape index (κ1) is 12.4. The van der Waals surface area contributed by atoms with E-state index >= 15 is 0 Å². The Hall–Kier alpha value is -2.67. The highest BCUT2D eigenvalue weighted by atomic mass is 16.1. The van der Waals surface area contributed by atoms with Crippen molar-refractivity contribution in [1.29, 1.82) is 0 Å². The van der Waals surface area contributed by atoms with Crippen LogP contribution in [0.25, 0.3) is 16.8 Å². The van der Waals surface area contributed by atoms with Crippen LogP contribution in [0.3, 0.4) is 0 Å². The Bertz CT molecular complexity index is 770. The van der Waals surface area contributed by atoms with Crippen molar-refractivity contribution in [1.82, 2.24) is 0 Å². The summed E-state index contributed by atoms with van der Waals surface area (Å²) in [6.07, 6.45) is 3.47. The third-order valence-corrected chi connectivity index (χ3v) is 3.26. The summed E-state index contributed by atoms with van der Waals surface area (Å²) in [6, 6.07) is 23.7. The highest BCUT2D eigenvalue weighted by molar-refractivity contribution is 6.08. The Morgan fingerprint density at radius 1 is 0.750 bits per heavy atom. The number of fused-ring (bicyclic) bond motifs is 1. The van der Waals surface area contributed by atoms with Crippen LogP contribution >= 0.6 is 0 Å². The fourth-order valence-corrected chi connectivity index (χ4v) is 2.17. The average Bonchev–Trinajstić information content (AvgIpc) is 2.53. The van der Waals surface area contributed by atoms with Crippen LogP contribution in [0.1, 0.15) is 15.9 Å². The molecule has 0 bridgehead atoms. The van der Waals surface area contributed by atoms with E-state index in [2.05, 4.69) is 0 Å². The van der Waals surface area contributed by atoms with Crippen LogP contribution in [0.15, 0.2) is 78.9 Å². The lowest BCUT2D eigenvalue weighted by Crippen LogP contribution is -1.93. The molecule has 0 amide bonds. The van der Waals surface area contributed by atoms with Gasteiger partial charge in [0.15, 0.2) is 5.78 Å². The van der Waals surface area contributed by atoms with E-state index in [1.807, 2.05) is 78.9 Å². The van der Waals surface area contributed by atoms with Gasteiger partial charge in [-0.15, -0.1) is 0 Å². The van der Waals surface area contributed by atoms with Gasteiger partial charge in [0, 0.05) is 5.56 Å². The smallest absolute Gasteiger partial charge is 0.185 e. The van der Waals surface area contributed by atoms with E-state index in [1.54, 1.807) is 6.08 Å². The molecule has 3 aromatic carbocycles. The summed E-state index contributed by atoms with van der Waals surface area (Å²) in [6.45, 7) is 0. The Morgan fingerprint density at radius 2 is 1.45 bits per heavy atom. The lowest BCUT2D eigenvalue weighted by molar-refractivity contribution is 0.104. The summed E-state index contributed by atoms with van der Waals surface area (Å²) in [5, 5.41) is 2.24. The molecule has 96 valence electrons. The summed E-state index contributed by atoms with van der Waals surface area (Å²) in [4.78, 5) is 12.2. The van der Waals surface area contributed by atoms with E-state index in [9.17, 15) is 4.79 Å². The molecule has 0 atom stereocenters. The predicted octanol–water partition coefficient (Wildman–Crippen LogP) is 4.74. The monoisotopic (exact) mass is 258 g/mol. The van der Waals surface area contributed by atoms with E-state index in [1.165, 1.54) is 0 Å².